The Morgan fingerprint density at radius 3 is 2.22 bits per heavy atom. The van der Waals surface area contributed by atoms with Crippen molar-refractivity contribution in [2.75, 3.05) is 26.6 Å². The zero-order valence-electron chi connectivity index (χ0n) is 19.8. The van der Waals surface area contributed by atoms with E-state index in [1.165, 1.54) is 73.7 Å². The third-order valence-electron chi connectivity index (χ3n) is 5.32. The zero-order valence-corrected chi connectivity index (χ0v) is 20.6. The summed E-state index contributed by atoms with van der Waals surface area (Å²) in [4.78, 5) is 25.8. The lowest BCUT2D eigenvalue weighted by Crippen LogP contribution is -2.16. The second-order valence-corrected chi connectivity index (χ2v) is 8.49. The molecular formula is C25H20F3N3O5S. The number of nitrogens with one attached hydrogen (secondary N) is 1. The summed E-state index contributed by atoms with van der Waals surface area (Å²) < 4.78 is 56.5. The van der Waals surface area contributed by atoms with E-state index >= 15 is 0 Å². The van der Waals surface area contributed by atoms with Crippen LogP contribution < -0.4 is 14.8 Å². The fourth-order valence-electron chi connectivity index (χ4n) is 3.53. The molecule has 0 bridgehead atoms. The van der Waals surface area contributed by atoms with Crippen molar-refractivity contribution in [1.82, 2.24) is 9.78 Å². The molecule has 8 nitrogen and oxygen atoms in total. The maximum Gasteiger partial charge on any atom is 0.435 e. The van der Waals surface area contributed by atoms with Gasteiger partial charge in [0.1, 0.15) is 0 Å². The number of benzene rings is 2. The first kappa shape index (κ1) is 25.8. The Labute approximate surface area is 213 Å². The highest BCUT2D eigenvalue weighted by Crippen LogP contribution is 2.36. The first-order valence-corrected chi connectivity index (χ1v) is 11.5. The standard InChI is InChI=1S/C25H20F3N3O5S/c1-34-19-11-16(24(33)36-3)17(12-20(19)35-2)29-23(32)14-6-8-15(9-7-14)31-18(21-5-4-10-37-21)13-22(30-31)25(26,27)28/h4-13H,1-3H3,(H,29,32). The Kier molecular flexibility index (Phi) is 7.21. The molecule has 0 atom stereocenters. The number of hydrogen-bond donors (Lipinski definition) is 1. The van der Waals surface area contributed by atoms with Crippen LogP contribution in [0.25, 0.3) is 16.3 Å². The van der Waals surface area contributed by atoms with Crippen LogP contribution in [0, 0.1) is 0 Å². The van der Waals surface area contributed by atoms with Crippen LogP contribution in [0.1, 0.15) is 26.4 Å². The summed E-state index contributed by atoms with van der Waals surface area (Å²) in [5, 5.41) is 8.14. The minimum Gasteiger partial charge on any atom is -0.493 e. The average molecular weight is 532 g/mol. The first-order chi connectivity index (χ1) is 17.7. The van der Waals surface area contributed by atoms with Crippen molar-refractivity contribution in [2.24, 2.45) is 0 Å². The minimum absolute atomic E-state index is 0.0435. The van der Waals surface area contributed by atoms with Crippen molar-refractivity contribution in [2.45, 2.75) is 6.18 Å². The number of hydrogen-bond acceptors (Lipinski definition) is 7. The van der Waals surface area contributed by atoms with Gasteiger partial charge in [0.2, 0.25) is 0 Å². The van der Waals surface area contributed by atoms with Crippen LogP contribution in [-0.2, 0) is 10.9 Å². The smallest absolute Gasteiger partial charge is 0.435 e. The van der Waals surface area contributed by atoms with Crippen molar-refractivity contribution in [3.63, 3.8) is 0 Å². The number of carbonyl (C=O) groups is 2. The second kappa shape index (κ2) is 10.3. The summed E-state index contributed by atoms with van der Waals surface area (Å²) in [6.07, 6.45) is -4.62. The van der Waals surface area contributed by atoms with E-state index in [4.69, 9.17) is 14.2 Å². The van der Waals surface area contributed by atoms with E-state index < -0.39 is 23.7 Å². The third-order valence-corrected chi connectivity index (χ3v) is 6.22. The maximum atomic E-state index is 13.4. The van der Waals surface area contributed by atoms with Gasteiger partial charge < -0.3 is 19.5 Å². The Balaban J connectivity index is 1.66. The summed E-state index contributed by atoms with van der Waals surface area (Å²) in [5.74, 6) is -0.726. The lowest BCUT2D eigenvalue weighted by molar-refractivity contribution is -0.141. The van der Waals surface area contributed by atoms with Gasteiger partial charge in [-0.15, -0.1) is 11.3 Å². The van der Waals surface area contributed by atoms with Gasteiger partial charge in [0.15, 0.2) is 17.2 Å². The number of ether oxygens (including phenoxy) is 3. The molecule has 0 spiro atoms. The molecule has 2 aromatic heterocycles. The summed E-state index contributed by atoms with van der Waals surface area (Å²) >= 11 is 1.28. The van der Waals surface area contributed by atoms with Crippen LogP contribution in [-0.4, -0.2) is 43.0 Å². The van der Waals surface area contributed by atoms with E-state index in [-0.39, 0.29) is 34.0 Å². The SMILES string of the molecule is COC(=O)c1cc(OC)c(OC)cc1NC(=O)c1ccc(-n2nc(C(F)(F)F)cc2-c2cccs2)cc1. The van der Waals surface area contributed by atoms with Gasteiger partial charge in [-0.25, -0.2) is 9.48 Å². The number of thiophene rings is 1. The van der Waals surface area contributed by atoms with Crippen molar-refractivity contribution >= 4 is 28.9 Å². The van der Waals surface area contributed by atoms with Crippen molar-refractivity contribution < 1.29 is 37.0 Å². The number of halogens is 3. The van der Waals surface area contributed by atoms with Crippen LogP contribution >= 0.6 is 11.3 Å². The predicted molar refractivity (Wildman–Crippen MR) is 131 cm³/mol. The monoisotopic (exact) mass is 531 g/mol. The molecule has 0 unspecified atom stereocenters. The van der Waals surface area contributed by atoms with Gasteiger partial charge in [-0.3, -0.25) is 4.79 Å². The topological polar surface area (TPSA) is 91.7 Å². The van der Waals surface area contributed by atoms with E-state index in [0.717, 1.165) is 6.07 Å². The molecule has 37 heavy (non-hydrogen) atoms. The quantitative estimate of drug-likeness (QED) is 0.309. The number of nitrogens with zero attached hydrogens (tertiary/aromatic N) is 2. The number of esters is 1. The van der Waals surface area contributed by atoms with E-state index in [2.05, 4.69) is 10.4 Å². The number of carbonyl (C=O) groups excluding carboxylic acids is 2. The lowest BCUT2D eigenvalue weighted by Gasteiger charge is -2.15. The van der Waals surface area contributed by atoms with E-state index in [1.54, 1.807) is 17.5 Å². The molecule has 2 heterocycles. The van der Waals surface area contributed by atoms with Gasteiger partial charge >= 0.3 is 12.1 Å². The normalized spacial score (nSPS) is 11.2. The first-order valence-electron chi connectivity index (χ1n) is 10.6. The van der Waals surface area contributed by atoms with Crippen LogP contribution in [0.5, 0.6) is 11.5 Å². The predicted octanol–water partition coefficient (Wildman–Crippen LogP) is 5.68. The summed E-state index contributed by atoms with van der Waals surface area (Å²) in [5.41, 5.74) is -0.0662. The van der Waals surface area contributed by atoms with E-state index in [1.807, 2.05) is 0 Å². The zero-order chi connectivity index (χ0) is 26.7. The molecular weight excluding hydrogens is 511 g/mol. The highest BCUT2D eigenvalue weighted by Gasteiger charge is 2.35. The van der Waals surface area contributed by atoms with Gasteiger partial charge in [-0.2, -0.15) is 18.3 Å². The molecule has 192 valence electrons. The molecule has 12 heteroatoms. The fraction of sp³-hybridized carbons (Fsp3) is 0.160. The van der Waals surface area contributed by atoms with Gasteiger partial charge in [-0.05, 0) is 41.8 Å². The van der Waals surface area contributed by atoms with E-state index in [9.17, 15) is 22.8 Å². The highest BCUT2D eigenvalue weighted by molar-refractivity contribution is 7.13. The lowest BCUT2D eigenvalue weighted by atomic mass is 10.1. The molecule has 2 aromatic carbocycles. The average Bonchev–Trinajstić information content (AvgIpc) is 3.58. The summed E-state index contributed by atoms with van der Waals surface area (Å²) in [6.45, 7) is 0. The molecule has 0 aliphatic rings. The molecule has 1 N–H and O–H groups in total. The third kappa shape index (κ3) is 5.28. The molecule has 4 rings (SSSR count). The van der Waals surface area contributed by atoms with Crippen LogP contribution in [0.3, 0.4) is 0 Å². The Morgan fingerprint density at radius 1 is 0.973 bits per heavy atom. The van der Waals surface area contributed by atoms with Crippen molar-refractivity contribution in [3.05, 3.63) is 76.8 Å². The van der Waals surface area contributed by atoms with Crippen LogP contribution in [0.15, 0.2) is 60.0 Å². The Bertz CT molecular complexity index is 1430. The Hall–Kier alpha value is -4.32. The number of anilines is 1. The molecule has 0 saturated heterocycles. The number of amides is 1. The molecule has 0 aliphatic carbocycles. The maximum absolute atomic E-state index is 13.4. The number of alkyl halides is 3. The number of methoxy groups -OCH3 is 3. The fourth-order valence-corrected chi connectivity index (χ4v) is 4.25. The van der Waals surface area contributed by atoms with Gasteiger partial charge in [0.25, 0.3) is 5.91 Å². The Morgan fingerprint density at radius 2 is 1.65 bits per heavy atom. The molecule has 0 radical (unpaired) electrons. The van der Waals surface area contributed by atoms with Crippen molar-refractivity contribution in [3.8, 4) is 27.8 Å². The largest absolute Gasteiger partial charge is 0.493 e. The second-order valence-electron chi connectivity index (χ2n) is 7.55. The highest BCUT2D eigenvalue weighted by atomic mass is 32.1. The van der Waals surface area contributed by atoms with Gasteiger partial charge in [0, 0.05) is 17.7 Å². The molecule has 0 saturated carbocycles. The number of aromatic nitrogens is 2. The van der Waals surface area contributed by atoms with Crippen LogP contribution in [0.2, 0.25) is 0 Å². The minimum atomic E-state index is -4.62. The van der Waals surface area contributed by atoms with Crippen LogP contribution in [0.4, 0.5) is 18.9 Å². The molecule has 4 aromatic rings. The summed E-state index contributed by atoms with van der Waals surface area (Å²) in [7, 11) is 4.01. The molecule has 1 amide bonds. The van der Waals surface area contributed by atoms with Gasteiger partial charge in [0.05, 0.1) is 48.8 Å². The molecule has 0 aliphatic heterocycles. The number of rotatable bonds is 7. The van der Waals surface area contributed by atoms with E-state index in [0.29, 0.717) is 10.6 Å². The van der Waals surface area contributed by atoms with Gasteiger partial charge in [-0.1, -0.05) is 6.07 Å². The summed E-state index contributed by atoms with van der Waals surface area (Å²) in [6, 6.07) is 13.1. The molecule has 0 fully saturated rings. The van der Waals surface area contributed by atoms with Crippen molar-refractivity contribution in [1.29, 1.82) is 0 Å².